The van der Waals surface area contributed by atoms with Crippen molar-refractivity contribution in [3.8, 4) is 0 Å². The summed E-state index contributed by atoms with van der Waals surface area (Å²) in [6, 6.07) is 0. The van der Waals surface area contributed by atoms with Crippen LogP contribution in [0.15, 0.2) is 12.2 Å². The molecule has 154 valence electrons. The minimum absolute atomic E-state index is 0.170. The van der Waals surface area contributed by atoms with E-state index in [1.54, 1.807) is 6.92 Å². The molecule has 0 aromatic carbocycles. The van der Waals surface area contributed by atoms with Gasteiger partial charge in [0.2, 0.25) is 0 Å². The van der Waals surface area contributed by atoms with Gasteiger partial charge in [-0.25, -0.2) is 0 Å². The smallest absolute Gasteiger partial charge is 0.136 e. The monoisotopic (exact) mass is 364 g/mol. The maximum Gasteiger partial charge on any atom is 0.136 e. The van der Waals surface area contributed by atoms with Gasteiger partial charge >= 0.3 is 0 Å². The topological polar surface area (TPSA) is 17.1 Å². The molecule has 0 saturated heterocycles. The van der Waals surface area contributed by atoms with E-state index in [4.69, 9.17) is 0 Å². The molecule has 0 heterocycles. The molecule has 1 unspecified atom stereocenters. The first kappa shape index (κ1) is 25.4. The van der Waals surface area contributed by atoms with E-state index in [-0.39, 0.29) is 5.92 Å². The zero-order chi connectivity index (χ0) is 19.3. The van der Waals surface area contributed by atoms with Crippen LogP contribution in [0.3, 0.4) is 0 Å². The van der Waals surface area contributed by atoms with Gasteiger partial charge in [-0.05, 0) is 26.2 Å². The summed E-state index contributed by atoms with van der Waals surface area (Å²) in [7, 11) is 0. The second-order valence-corrected chi connectivity index (χ2v) is 8.17. The number of allylic oxidation sites excluding steroid dienone is 2. The molecule has 1 heteroatoms. The van der Waals surface area contributed by atoms with Crippen molar-refractivity contribution in [1.29, 1.82) is 0 Å². The van der Waals surface area contributed by atoms with Gasteiger partial charge in [-0.3, -0.25) is 4.79 Å². The Kier molecular flexibility index (Phi) is 20.2. The van der Waals surface area contributed by atoms with Gasteiger partial charge in [0.15, 0.2) is 0 Å². The number of ketones is 1. The molecule has 0 aromatic heterocycles. The van der Waals surface area contributed by atoms with Gasteiger partial charge in [0.1, 0.15) is 5.78 Å². The molecule has 0 spiro atoms. The molecule has 1 atom stereocenters. The first-order chi connectivity index (χ1) is 12.7. The van der Waals surface area contributed by atoms with Crippen LogP contribution in [0.25, 0.3) is 0 Å². The molecule has 0 aliphatic rings. The first-order valence-corrected chi connectivity index (χ1v) is 11.9. The Morgan fingerprint density at radius 3 is 1.54 bits per heavy atom. The van der Waals surface area contributed by atoms with Crippen molar-refractivity contribution in [2.24, 2.45) is 5.92 Å². The Hall–Kier alpha value is -0.590. The van der Waals surface area contributed by atoms with Crippen LogP contribution in [0, 0.1) is 5.92 Å². The molecule has 1 nitrogen and oxygen atoms in total. The van der Waals surface area contributed by atoms with Crippen LogP contribution in [0.4, 0.5) is 0 Å². The summed E-state index contributed by atoms with van der Waals surface area (Å²) < 4.78 is 0. The van der Waals surface area contributed by atoms with Gasteiger partial charge in [-0.2, -0.15) is 0 Å². The summed E-state index contributed by atoms with van der Waals surface area (Å²) in [6.45, 7) is 6.30. The highest BCUT2D eigenvalue weighted by atomic mass is 16.1. The Bertz CT molecular complexity index is 318. The molecule has 0 fully saturated rings. The highest BCUT2D eigenvalue weighted by Crippen LogP contribution is 2.16. The summed E-state index contributed by atoms with van der Waals surface area (Å²) in [6.07, 6.45) is 28.4. The highest BCUT2D eigenvalue weighted by Gasteiger charge is 2.09. The van der Waals surface area contributed by atoms with Crippen LogP contribution < -0.4 is 0 Å². The Labute approximate surface area is 165 Å². The summed E-state index contributed by atoms with van der Waals surface area (Å²) in [4.78, 5) is 11.8. The zero-order valence-corrected chi connectivity index (χ0v) is 18.4. The third-order valence-corrected chi connectivity index (χ3v) is 5.48. The molecular formula is C25H48O. The number of hydrogen-bond acceptors (Lipinski definition) is 1. The molecule has 0 bridgehead atoms. The van der Waals surface area contributed by atoms with Crippen LogP contribution in [-0.4, -0.2) is 5.78 Å². The van der Waals surface area contributed by atoms with Crippen molar-refractivity contribution >= 4 is 5.78 Å². The summed E-state index contributed by atoms with van der Waals surface area (Å²) >= 11 is 0. The van der Waals surface area contributed by atoms with E-state index < -0.39 is 0 Å². The van der Waals surface area contributed by atoms with E-state index in [1.165, 1.54) is 103 Å². The fourth-order valence-corrected chi connectivity index (χ4v) is 3.59. The molecule has 0 saturated carbocycles. The van der Waals surface area contributed by atoms with Gasteiger partial charge < -0.3 is 0 Å². The molecule has 26 heavy (non-hydrogen) atoms. The summed E-state index contributed by atoms with van der Waals surface area (Å²) in [5.41, 5.74) is 0. The first-order valence-electron chi connectivity index (χ1n) is 11.9. The van der Waals surface area contributed by atoms with Crippen LogP contribution in [0.5, 0.6) is 0 Å². The van der Waals surface area contributed by atoms with E-state index in [1.807, 2.05) is 0 Å². The second kappa shape index (κ2) is 20.7. The number of carbonyl (C=O) groups is 1. The predicted octanol–water partition coefficient (Wildman–Crippen LogP) is 8.81. The molecule has 0 amide bonds. The minimum atomic E-state index is 0.170. The summed E-state index contributed by atoms with van der Waals surface area (Å²) in [5, 5.41) is 0. The second-order valence-electron chi connectivity index (χ2n) is 8.17. The van der Waals surface area contributed by atoms with Crippen LogP contribution in [-0.2, 0) is 4.79 Å². The number of unbranched alkanes of at least 4 members (excludes halogenated alkanes) is 15. The number of rotatable bonds is 20. The van der Waals surface area contributed by atoms with Gasteiger partial charge in [-0.1, -0.05) is 122 Å². The van der Waals surface area contributed by atoms with Crippen molar-refractivity contribution in [2.75, 3.05) is 0 Å². The third-order valence-electron chi connectivity index (χ3n) is 5.48. The molecule has 0 radical (unpaired) electrons. The van der Waals surface area contributed by atoms with Crippen LogP contribution in [0.1, 0.15) is 136 Å². The number of hydrogen-bond donors (Lipinski definition) is 0. The van der Waals surface area contributed by atoms with Gasteiger partial charge in [0, 0.05) is 5.92 Å². The highest BCUT2D eigenvalue weighted by molar-refractivity contribution is 5.79. The quantitative estimate of drug-likeness (QED) is 0.156. The largest absolute Gasteiger partial charge is 0.299 e. The SMILES string of the molecule is CCCCCCCCC=CC(CCCCCCCCCCCC)C(C)=O. The molecule has 0 aliphatic heterocycles. The molecule has 0 N–H and O–H groups in total. The average Bonchev–Trinajstić information content (AvgIpc) is 2.63. The zero-order valence-electron chi connectivity index (χ0n) is 18.4. The van der Waals surface area contributed by atoms with E-state index in [0.717, 1.165) is 12.8 Å². The lowest BCUT2D eigenvalue weighted by molar-refractivity contribution is -0.119. The van der Waals surface area contributed by atoms with Gasteiger partial charge in [-0.15, -0.1) is 0 Å². The lowest BCUT2D eigenvalue weighted by Crippen LogP contribution is -2.07. The van der Waals surface area contributed by atoms with E-state index in [2.05, 4.69) is 26.0 Å². The normalized spacial score (nSPS) is 12.7. The van der Waals surface area contributed by atoms with Crippen molar-refractivity contribution in [2.45, 2.75) is 136 Å². The minimum Gasteiger partial charge on any atom is -0.299 e. The summed E-state index contributed by atoms with van der Waals surface area (Å²) in [5.74, 6) is 0.518. The number of Topliss-reactive ketones (excluding diaryl/α,β-unsaturated/α-hetero) is 1. The lowest BCUT2D eigenvalue weighted by atomic mass is 9.95. The Morgan fingerprint density at radius 1 is 0.654 bits per heavy atom. The van der Waals surface area contributed by atoms with Crippen LogP contribution >= 0.6 is 0 Å². The lowest BCUT2D eigenvalue weighted by Gasteiger charge is -2.09. The number of carbonyl (C=O) groups excluding carboxylic acids is 1. The van der Waals surface area contributed by atoms with Crippen molar-refractivity contribution in [1.82, 2.24) is 0 Å². The Balaban J connectivity index is 3.58. The molecule has 0 aliphatic carbocycles. The average molecular weight is 365 g/mol. The van der Waals surface area contributed by atoms with E-state index in [0.29, 0.717) is 5.78 Å². The van der Waals surface area contributed by atoms with Crippen molar-refractivity contribution in [3.05, 3.63) is 12.2 Å². The van der Waals surface area contributed by atoms with E-state index >= 15 is 0 Å². The van der Waals surface area contributed by atoms with Crippen molar-refractivity contribution in [3.63, 3.8) is 0 Å². The fourth-order valence-electron chi connectivity index (χ4n) is 3.59. The molecule has 0 rings (SSSR count). The maximum absolute atomic E-state index is 11.8. The van der Waals surface area contributed by atoms with Gasteiger partial charge in [0.05, 0.1) is 0 Å². The molecular weight excluding hydrogens is 316 g/mol. The van der Waals surface area contributed by atoms with Crippen molar-refractivity contribution < 1.29 is 4.79 Å². The third kappa shape index (κ3) is 18.2. The van der Waals surface area contributed by atoms with E-state index in [9.17, 15) is 4.79 Å². The van der Waals surface area contributed by atoms with Crippen LogP contribution in [0.2, 0.25) is 0 Å². The van der Waals surface area contributed by atoms with Gasteiger partial charge in [0.25, 0.3) is 0 Å². The molecule has 0 aromatic rings. The standard InChI is InChI=1S/C25H48O/c1-4-6-8-10-12-14-15-17-19-21-23-25(24(3)26)22-20-18-16-13-11-9-7-5-2/h20,22,25H,4-19,21,23H2,1-3H3. The predicted molar refractivity (Wildman–Crippen MR) is 118 cm³/mol. The Morgan fingerprint density at radius 2 is 1.08 bits per heavy atom. The fraction of sp³-hybridized carbons (Fsp3) is 0.880. The maximum atomic E-state index is 11.8.